The lowest BCUT2D eigenvalue weighted by atomic mass is 10.2. The van der Waals surface area contributed by atoms with Gasteiger partial charge in [-0.25, -0.2) is 4.79 Å². The zero-order valence-corrected chi connectivity index (χ0v) is 9.67. The Morgan fingerprint density at radius 3 is 2.47 bits per heavy atom. The van der Waals surface area contributed by atoms with Gasteiger partial charge in [0, 0.05) is 0 Å². The fourth-order valence-corrected chi connectivity index (χ4v) is 1.83. The van der Waals surface area contributed by atoms with E-state index in [2.05, 4.69) is 6.92 Å². The summed E-state index contributed by atoms with van der Waals surface area (Å²) in [5, 5.41) is 0. The third-order valence-corrected chi connectivity index (χ3v) is 2.78. The van der Waals surface area contributed by atoms with Crippen molar-refractivity contribution in [2.75, 3.05) is 6.61 Å². The van der Waals surface area contributed by atoms with Crippen LogP contribution >= 0.6 is 0 Å². The summed E-state index contributed by atoms with van der Waals surface area (Å²) < 4.78 is 10.2. The standard InChI is InChI=1S/C12H22O3/c1-2-3-10-14-12(13)15-11-8-6-4-5-7-9-11/h11H,2-10H2,1H3. The SMILES string of the molecule is CCCCOC(=O)OC1CCCCCC1. The second kappa shape index (κ2) is 7.55. The summed E-state index contributed by atoms with van der Waals surface area (Å²) in [7, 11) is 0. The summed E-state index contributed by atoms with van der Waals surface area (Å²) in [5.41, 5.74) is 0. The van der Waals surface area contributed by atoms with Gasteiger partial charge in [-0.05, 0) is 32.1 Å². The van der Waals surface area contributed by atoms with Crippen LogP contribution in [0.5, 0.6) is 0 Å². The van der Waals surface area contributed by atoms with Gasteiger partial charge in [-0.1, -0.05) is 26.2 Å². The molecule has 88 valence electrons. The highest BCUT2D eigenvalue weighted by Gasteiger charge is 2.17. The number of carbonyl (C=O) groups excluding carboxylic acids is 1. The van der Waals surface area contributed by atoms with E-state index in [-0.39, 0.29) is 6.10 Å². The van der Waals surface area contributed by atoms with Crippen LogP contribution in [0.3, 0.4) is 0 Å². The van der Waals surface area contributed by atoms with Gasteiger partial charge in [-0.2, -0.15) is 0 Å². The highest BCUT2D eigenvalue weighted by atomic mass is 16.7. The Bertz CT molecular complexity index is 172. The van der Waals surface area contributed by atoms with Crippen LogP contribution in [0.4, 0.5) is 4.79 Å². The Hall–Kier alpha value is -0.730. The van der Waals surface area contributed by atoms with Gasteiger partial charge in [-0.3, -0.25) is 0 Å². The van der Waals surface area contributed by atoms with E-state index >= 15 is 0 Å². The van der Waals surface area contributed by atoms with Crippen molar-refractivity contribution < 1.29 is 14.3 Å². The van der Waals surface area contributed by atoms with Gasteiger partial charge < -0.3 is 9.47 Å². The third-order valence-electron chi connectivity index (χ3n) is 2.78. The Morgan fingerprint density at radius 2 is 1.87 bits per heavy atom. The second-order valence-electron chi connectivity index (χ2n) is 4.18. The minimum absolute atomic E-state index is 0.0987. The molecule has 0 saturated heterocycles. The van der Waals surface area contributed by atoms with Crippen LogP contribution in [-0.4, -0.2) is 18.9 Å². The molecule has 0 radical (unpaired) electrons. The van der Waals surface area contributed by atoms with E-state index in [1.54, 1.807) is 0 Å². The summed E-state index contributed by atoms with van der Waals surface area (Å²) in [4.78, 5) is 11.3. The smallest absolute Gasteiger partial charge is 0.434 e. The lowest BCUT2D eigenvalue weighted by molar-refractivity contribution is 0.0181. The largest absolute Gasteiger partial charge is 0.508 e. The van der Waals surface area contributed by atoms with Crippen molar-refractivity contribution in [3.8, 4) is 0 Å². The molecule has 0 spiro atoms. The summed E-state index contributed by atoms with van der Waals surface area (Å²) in [6.07, 6.45) is 8.47. The van der Waals surface area contributed by atoms with E-state index in [0.717, 1.165) is 25.7 Å². The van der Waals surface area contributed by atoms with E-state index in [9.17, 15) is 4.79 Å². The van der Waals surface area contributed by atoms with Crippen LogP contribution in [0.15, 0.2) is 0 Å². The number of hydrogen-bond acceptors (Lipinski definition) is 3. The molecular weight excluding hydrogens is 192 g/mol. The monoisotopic (exact) mass is 214 g/mol. The second-order valence-corrected chi connectivity index (χ2v) is 4.18. The molecule has 0 aliphatic heterocycles. The van der Waals surface area contributed by atoms with Crippen LogP contribution in [0.1, 0.15) is 58.3 Å². The van der Waals surface area contributed by atoms with Gasteiger partial charge in [0.05, 0.1) is 6.61 Å². The Labute approximate surface area is 92.1 Å². The van der Waals surface area contributed by atoms with Crippen LogP contribution in [-0.2, 0) is 9.47 Å². The van der Waals surface area contributed by atoms with Crippen molar-refractivity contribution in [1.82, 2.24) is 0 Å². The van der Waals surface area contributed by atoms with Gasteiger partial charge in [-0.15, -0.1) is 0 Å². The summed E-state index contributed by atoms with van der Waals surface area (Å²) in [5.74, 6) is 0. The first-order valence-electron chi connectivity index (χ1n) is 6.16. The Kier molecular flexibility index (Phi) is 6.21. The van der Waals surface area contributed by atoms with Gasteiger partial charge >= 0.3 is 6.16 Å². The molecule has 0 bridgehead atoms. The van der Waals surface area contributed by atoms with Crippen LogP contribution in [0.25, 0.3) is 0 Å². The van der Waals surface area contributed by atoms with Crippen molar-refractivity contribution >= 4 is 6.16 Å². The molecule has 0 amide bonds. The number of unbranched alkanes of at least 4 members (excludes halogenated alkanes) is 1. The molecule has 1 aliphatic carbocycles. The molecule has 0 atom stereocenters. The minimum atomic E-state index is -0.477. The molecule has 3 heteroatoms. The average Bonchev–Trinajstić information content (AvgIpc) is 2.47. The molecule has 1 fully saturated rings. The third kappa shape index (κ3) is 5.65. The van der Waals surface area contributed by atoms with E-state index in [4.69, 9.17) is 9.47 Å². The Morgan fingerprint density at radius 1 is 1.20 bits per heavy atom. The number of hydrogen-bond donors (Lipinski definition) is 0. The van der Waals surface area contributed by atoms with Crippen molar-refractivity contribution in [2.24, 2.45) is 0 Å². The lowest BCUT2D eigenvalue weighted by Gasteiger charge is -2.14. The molecule has 0 N–H and O–H groups in total. The minimum Gasteiger partial charge on any atom is -0.434 e. The van der Waals surface area contributed by atoms with Crippen molar-refractivity contribution in [1.29, 1.82) is 0 Å². The zero-order valence-electron chi connectivity index (χ0n) is 9.67. The first-order valence-corrected chi connectivity index (χ1v) is 6.16. The maximum absolute atomic E-state index is 11.3. The fraction of sp³-hybridized carbons (Fsp3) is 0.917. The van der Waals surface area contributed by atoms with E-state index in [0.29, 0.717) is 6.61 Å². The number of rotatable bonds is 4. The molecule has 0 heterocycles. The highest BCUT2D eigenvalue weighted by Crippen LogP contribution is 2.20. The molecule has 3 nitrogen and oxygen atoms in total. The molecule has 1 rings (SSSR count). The zero-order chi connectivity index (χ0) is 10.9. The molecular formula is C12H22O3. The highest BCUT2D eigenvalue weighted by molar-refractivity contribution is 5.60. The normalized spacial score (nSPS) is 18.2. The predicted molar refractivity (Wildman–Crippen MR) is 58.8 cm³/mol. The Balaban J connectivity index is 2.12. The van der Waals surface area contributed by atoms with Crippen molar-refractivity contribution in [3.63, 3.8) is 0 Å². The molecule has 0 aromatic rings. The molecule has 15 heavy (non-hydrogen) atoms. The summed E-state index contributed by atoms with van der Waals surface area (Å²) >= 11 is 0. The van der Waals surface area contributed by atoms with Crippen molar-refractivity contribution in [2.45, 2.75) is 64.4 Å². The van der Waals surface area contributed by atoms with E-state index in [1.807, 2.05) is 0 Å². The molecule has 1 aliphatic rings. The van der Waals surface area contributed by atoms with Gasteiger partial charge in [0.2, 0.25) is 0 Å². The van der Waals surface area contributed by atoms with Crippen LogP contribution in [0, 0.1) is 0 Å². The number of carbonyl (C=O) groups is 1. The predicted octanol–water partition coefficient (Wildman–Crippen LogP) is 3.66. The fourth-order valence-electron chi connectivity index (χ4n) is 1.83. The van der Waals surface area contributed by atoms with E-state index in [1.165, 1.54) is 25.7 Å². The maximum Gasteiger partial charge on any atom is 0.508 e. The van der Waals surface area contributed by atoms with E-state index < -0.39 is 6.16 Å². The average molecular weight is 214 g/mol. The maximum atomic E-state index is 11.3. The quantitative estimate of drug-likeness (QED) is 0.407. The first kappa shape index (κ1) is 12.3. The molecule has 1 saturated carbocycles. The lowest BCUT2D eigenvalue weighted by Crippen LogP contribution is -2.18. The van der Waals surface area contributed by atoms with Gasteiger partial charge in [0.25, 0.3) is 0 Å². The van der Waals surface area contributed by atoms with Gasteiger partial charge in [0.15, 0.2) is 0 Å². The topological polar surface area (TPSA) is 35.5 Å². The number of ether oxygens (including phenoxy) is 2. The van der Waals surface area contributed by atoms with Crippen molar-refractivity contribution in [3.05, 3.63) is 0 Å². The van der Waals surface area contributed by atoms with Crippen LogP contribution < -0.4 is 0 Å². The molecule has 0 aromatic heterocycles. The van der Waals surface area contributed by atoms with Crippen LogP contribution in [0.2, 0.25) is 0 Å². The van der Waals surface area contributed by atoms with Gasteiger partial charge in [0.1, 0.15) is 6.10 Å². The summed E-state index contributed by atoms with van der Waals surface area (Å²) in [6, 6.07) is 0. The molecule has 0 aromatic carbocycles. The first-order chi connectivity index (χ1) is 7.33. The molecule has 0 unspecified atom stereocenters. The summed E-state index contributed by atoms with van der Waals surface area (Å²) in [6.45, 7) is 2.56.